The number of halogens is 2. The predicted octanol–water partition coefficient (Wildman–Crippen LogP) is 3.30. The first kappa shape index (κ1) is 27.1. The maximum Gasteiger partial charge on any atom is 0.274 e. The maximum atomic E-state index is 14.8. The summed E-state index contributed by atoms with van der Waals surface area (Å²) in [7, 11) is 0. The molecule has 2 bridgehead atoms. The van der Waals surface area contributed by atoms with E-state index in [9.17, 15) is 28.3 Å². The fourth-order valence-corrected chi connectivity index (χ4v) is 6.55. The molecular weight excluding hydrogens is 534 g/mol. The number of carbonyl (C=O) groups excluding carboxylic acids is 2. The third-order valence-corrected chi connectivity index (χ3v) is 8.71. The first-order valence-electron chi connectivity index (χ1n) is 13.6. The van der Waals surface area contributed by atoms with Crippen LogP contribution in [0.4, 0.5) is 8.78 Å². The zero-order valence-corrected chi connectivity index (χ0v) is 22.4. The number of pyridine rings is 1. The van der Waals surface area contributed by atoms with E-state index in [0.717, 1.165) is 11.6 Å². The minimum atomic E-state index is -1.02. The first-order valence-corrected chi connectivity index (χ1v) is 13.6. The lowest BCUT2D eigenvalue weighted by Crippen LogP contribution is -2.52. The fraction of sp³-hybridized carbons (Fsp3) is 0.367. The molecule has 41 heavy (non-hydrogen) atoms. The van der Waals surface area contributed by atoms with Crippen molar-refractivity contribution in [3.8, 4) is 5.75 Å². The molecule has 1 spiro atoms. The SMILES string of the molecule is C[C@H]1CC[C@]2(CC(Cc3ccccc3)N(Cc3ccc(F)cc3F)O2)[C@H]2CN1C(=O)c1c(O)c(=O)c(C(N)=O)cn12. The third-order valence-electron chi connectivity index (χ3n) is 8.71. The summed E-state index contributed by atoms with van der Waals surface area (Å²) in [4.78, 5) is 46.8. The summed E-state index contributed by atoms with van der Waals surface area (Å²) >= 11 is 0. The summed E-state index contributed by atoms with van der Waals surface area (Å²) in [6.45, 7) is 2.16. The van der Waals surface area contributed by atoms with Gasteiger partial charge in [-0.25, -0.2) is 8.78 Å². The molecule has 3 aliphatic heterocycles. The molecule has 3 aromatic rings. The average Bonchev–Trinajstić information content (AvgIpc) is 3.22. The van der Waals surface area contributed by atoms with Crippen molar-refractivity contribution in [3.05, 3.63) is 99.0 Å². The number of benzene rings is 2. The smallest absolute Gasteiger partial charge is 0.274 e. The highest BCUT2D eigenvalue weighted by Gasteiger charge is 2.56. The van der Waals surface area contributed by atoms with Gasteiger partial charge < -0.3 is 20.3 Å². The van der Waals surface area contributed by atoms with Gasteiger partial charge in [-0.2, -0.15) is 5.06 Å². The van der Waals surface area contributed by atoms with Gasteiger partial charge in [0.1, 0.15) is 22.8 Å². The van der Waals surface area contributed by atoms with Crippen LogP contribution in [0.25, 0.3) is 0 Å². The van der Waals surface area contributed by atoms with Crippen molar-refractivity contribution >= 4 is 11.8 Å². The van der Waals surface area contributed by atoms with Crippen LogP contribution in [0, 0.1) is 11.6 Å². The van der Waals surface area contributed by atoms with E-state index >= 15 is 0 Å². The van der Waals surface area contributed by atoms with Crippen molar-refractivity contribution < 1.29 is 28.3 Å². The van der Waals surface area contributed by atoms with E-state index in [1.807, 2.05) is 37.3 Å². The number of amides is 2. The minimum absolute atomic E-state index is 0.0467. The third kappa shape index (κ3) is 4.58. The minimum Gasteiger partial charge on any atom is -0.503 e. The summed E-state index contributed by atoms with van der Waals surface area (Å²) in [5.41, 5.74) is 4.19. The lowest BCUT2D eigenvalue weighted by Gasteiger charge is -2.42. The number of fused-ring (bicyclic) bond motifs is 5. The lowest BCUT2D eigenvalue weighted by molar-refractivity contribution is -0.227. The van der Waals surface area contributed by atoms with Gasteiger partial charge in [-0.15, -0.1) is 0 Å². The molecule has 2 amide bonds. The van der Waals surface area contributed by atoms with Crippen LogP contribution in [0.3, 0.4) is 0 Å². The highest BCUT2D eigenvalue weighted by atomic mass is 19.1. The Hall–Kier alpha value is -4.09. The Morgan fingerprint density at radius 2 is 1.93 bits per heavy atom. The molecule has 2 saturated heterocycles. The van der Waals surface area contributed by atoms with Crippen LogP contribution in [0.15, 0.2) is 59.5 Å². The van der Waals surface area contributed by atoms with E-state index in [1.165, 1.54) is 22.9 Å². The van der Waals surface area contributed by atoms with Gasteiger partial charge in [0, 0.05) is 36.5 Å². The van der Waals surface area contributed by atoms with Crippen LogP contribution in [0.5, 0.6) is 5.75 Å². The van der Waals surface area contributed by atoms with Gasteiger partial charge in [0.05, 0.1) is 12.6 Å². The number of nitrogens with zero attached hydrogens (tertiary/aromatic N) is 3. The fourth-order valence-electron chi connectivity index (χ4n) is 6.55. The van der Waals surface area contributed by atoms with Gasteiger partial charge >= 0.3 is 0 Å². The maximum absolute atomic E-state index is 14.8. The number of aromatic hydroxyl groups is 1. The molecule has 0 radical (unpaired) electrons. The molecule has 2 aromatic carbocycles. The first-order chi connectivity index (χ1) is 19.6. The van der Waals surface area contributed by atoms with Crippen molar-refractivity contribution in [2.75, 3.05) is 6.54 Å². The number of rotatable bonds is 5. The van der Waals surface area contributed by atoms with Crippen molar-refractivity contribution in [2.45, 2.75) is 62.9 Å². The summed E-state index contributed by atoms with van der Waals surface area (Å²) in [6.07, 6.45) is 3.37. The van der Waals surface area contributed by atoms with Gasteiger partial charge in [-0.1, -0.05) is 36.4 Å². The molecule has 6 rings (SSSR count). The van der Waals surface area contributed by atoms with Gasteiger partial charge in [0.25, 0.3) is 11.8 Å². The number of primary amides is 1. The lowest BCUT2D eigenvalue weighted by atomic mass is 9.82. The predicted molar refractivity (Wildman–Crippen MR) is 144 cm³/mol. The van der Waals surface area contributed by atoms with Gasteiger partial charge in [0.15, 0.2) is 11.4 Å². The number of nitrogens with two attached hydrogens (primary N) is 1. The number of hydrogen-bond acceptors (Lipinski definition) is 6. The number of carbonyl (C=O) groups is 2. The highest BCUT2D eigenvalue weighted by molar-refractivity contribution is 5.99. The Balaban J connectivity index is 1.47. The van der Waals surface area contributed by atoms with Crippen LogP contribution in [-0.2, 0) is 17.8 Å². The molecule has 3 aliphatic rings. The van der Waals surface area contributed by atoms with Crippen LogP contribution in [-0.4, -0.2) is 55.7 Å². The standard InChI is InChI=1S/C30H30F2N4O5/c1-17-9-10-30(24-16-34(17)29(40)25-27(38)26(37)22(28(33)39)15-35(24)25)13-21(11-18-5-3-2-4-6-18)36(41-30)14-19-7-8-20(31)12-23(19)32/h2-8,12,15,17,21,24,38H,9-11,13-14,16H2,1H3,(H2,33,39)/t17-,21?,24+,30-/m0/s1. The van der Waals surface area contributed by atoms with E-state index in [0.29, 0.717) is 25.7 Å². The Labute approximate surface area is 234 Å². The zero-order valence-electron chi connectivity index (χ0n) is 22.4. The summed E-state index contributed by atoms with van der Waals surface area (Å²) in [5, 5.41) is 12.6. The highest BCUT2D eigenvalue weighted by Crippen LogP contribution is 2.49. The quantitative estimate of drug-likeness (QED) is 0.491. The molecule has 3 N–H and O–H groups in total. The Morgan fingerprint density at radius 1 is 1.17 bits per heavy atom. The Morgan fingerprint density at radius 3 is 2.63 bits per heavy atom. The van der Waals surface area contributed by atoms with Crippen LogP contribution < -0.4 is 11.2 Å². The molecular formula is C30H30F2N4O5. The second-order valence-electron chi connectivity index (χ2n) is 11.2. The van der Waals surface area contributed by atoms with E-state index in [4.69, 9.17) is 10.6 Å². The van der Waals surface area contributed by atoms with Crippen LogP contribution >= 0.6 is 0 Å². The van der Waals surface area contributed by atoms with E-state index in [1.54, 1.807) is 9.96 Å². The number of hydrogen-bond donors (Lipinski definition) is 2. The van der Waals surface area contributed by atoms with Crippen molar-refractivity contribution in [3.63, 3.8) is 0 Å². The molecule has 1 unspecified atom stereocenters. The molecule has 2 fully saturated rings. The molecule has 1 aromatic heterocycles. The van der Waals surface area contributed by atoms with Gasteiger partial charge in [0.2, 0.25) is 5.43 Å². The molecule has 9 nitrogen and oxygen atoms in total. The second-order valence-corrected chi connectivity index (χ2v) is 11.2. The van der Waals surface area contributed by atoms with Crippen LogP contribution in [0.1, 0.15) is 64.2 Å². The summed E-state index contributed by atoms with van der Waals surface area (Å²) in [6, 6.07) is 12.2. The van der Waals surface area contributed by atoms with Crippen molar-refractivity contribution in [1.82, 2.24) is 14.5 Å². The second kappa shape index (κ2) is 10.1. The molecule has 4 heterocycles. The average molecular weight is 565 g/mol. The normalized spacial score (nSPS) is 25.8. The summed E-state index contributed by atoms with van der Waals surface area (Å²) < 4.78 is 29.9. The molecule has 214 valence electrons. The van der Waals surface area contributed by atoms with E-state index in [2.05, 4.69) is 0 Å². The molecule has 0 aliphatic carbocycles. The van der Waals surface area contributed by atoms with Crippen molar-refractivity contribution in [1.29, 1.82) is 0 Å². The van der Waals surface area contributed by atoms with Crippen LogP contribution in [0.2, 0.25) is 0 Å². The Bertz CT molecular complexity index is 1600. The zero-order chi connectivity index (χ0) is 29.1. The molecule has 0 saturated carbocycles. The molecule has 11 heteroatoms. The van der Waals surface area contributed by atoms with Gasteiger partial charge in [-0.05, 0) is 44.2 Å². The molecule has 4 atom stereocenters. The number of aromatic nitrogens is 1. The monoisotopic (exact) mass is 564 g/mol. The largest absolute Gasteiger partial charge is 0.503 e. The Kier molecular flexibility index (Phi) is 6.66. The topological polar surface area (TPSA) is 118 Å². The van der Waals surface area contributed by atoms with E-state index in [-0.39, 0.29) is 36.4 Å². The van der Waals surface area contributed by atoms with Crippen molar-refractivity contribution in [2.24, 2.45) is 5.73 Å². The summed E-state index contributed by atoms with van der Waals surface area (Å²) in [5.74, 6) is -3.72. The van der Waals surface area contributed by atoms with Gasteiger partial charge in [-0.3, -0.25) is 19.2 Å². The van der Waals surface area contributed by atoms with E-state index < -0.39 is 51.8 Å². The number of hydroxylamine groups is 2.